The van der Waals surface area contributed by atoms with E-state index < -0.39 is 0 Å². The van der Waals surface area contributed by atoms with Crippen LogP contribution in [0.4, 0.5) is 0 Å². The van der Waals surface area contributed by atoms with Gasteiger partial charge in [-0.15, -0.1) is 0 Å². The third-order valence-electron chi connectivity index (χ3n) is 3.72. The molecule has 1 N–H and O–H groups in total. The van der Waals surface area contributed by atoms with Crippen LogP contribution in [0.15, 0.2) is 0 Å². The molecule has 1 heterocycles. The number of rotatable bonds is 7. The van der Waals surface area contributed by atoms with E-state index in [1.54, 1.807) is 0 Å². The summed E-state index contributed by atoms with van der Waals surface area (Å²) in [7, 11) is 0. The minimum Gasteiger partial charge on any atom is -0.378 e. The fourth-order valence-electron chi connectivity index (χ4n) is 2.44. The summed E-state index contributed by atoms with van der Waals surface area (Å²) < 4.78 is 5.78. The van der Waals surface area contributed by atoms with E-state index in [1.165, 1.54) is 25.0 Å². The van der Waals surface area contributed by atoms with Crippen molar-refractivity contribution in [1.29, 1.82) is 0 Å². The number of ether oxygens (including phenoxy) is 1. The van der Waals surface area contributed by atoms with Gasteiger partial charge in [0.2, 0.25) is 0 Å². The van der Waals surface area contributed by atoms with Gasteiger partial charge in [-0.3, -0.25) is 0 Å². The van der Waals surface area contributed by atoms with Gasteiger partial charge in [0, 0.05) is 24.6 Å². The lowest BCUT2D eigenvalue weighted by Gasteiger charge is -2.33. The minimum atomic E-state index is 0.389. The Kier molecular flexibility index (Phi) is 6.16. The monoisotopic (exact) mass is 245 g/mol. The van der Waals surface area contributed by atoms with E-state index in [-0.39, 0.29) is 0 Å². The van der Waals surface area contributed by atoms with E-state index in [1.807, 2.05) is 11.8 Å². The standard InChI is InChI=1S/C13H27NOS/c1-11(2)14-10-13(6-5-9-16-4)7-8-15-12(13)3/h11-12,14H,5-10H2,1-4H3. The van der Waals surface area contributed by atoms with Crippen molar-refractivity contribution >= 4 is 11.8 Å². The fraction of sp³-hybridized carbons (Fsp3) is 1.00. The molecule has 2 nitrogen and oxygen atoms in total. The Balaban J connectivity index is 2.47. The molecule has 0 aliphatic carbocycles. The van der Waals surface area contributed by atoms with Crippen molar-refractivity contribution in [3.8, 4) is 0 Å². The van der Waals surface area contributed by atoms with Crippen LogP contribution in [0.1, 0.15) is 40.0 Å². The lowest BCUT2D eigenvalue weighted by Crippen LogP contribution is -2.42. The molecule has 0 aromatic rings. The molecule has 1 aliphatic heterocycles. The fourth-order valence-corrected chi connectivity index (χ4v) is 2.88. The second kappa shape index (κ2) is 6.87. The summed E-state index contributed by atoms with van der Waals surface area (Å²) in [4.78, 5) is 0. The summed E-state index contributed by atoms with van der Waals surface area (Å²) >= 11 is 1.95. The molecule has 96 valence electrons. The van der Waals surface area contributed by atoms with E-state index in [0.717, 1.165) is 13.2 Å². The summed E-state index contributed by atoms with van der Waals surface area (Å²) in [6.07, 6.45) is 6.44. The van der Waals surface area contributed by atoms with Gasteiger partial charge < -0.3 is 10.1 Å². The van der Waals surface area contributed by atoms with Crippen molar-refractivity contribution in [2.24, 2.45) is 5.41 Å². The Morgan fingerprint density at radius 3 is 2.75 bits per heavy atom. The van der Waals surface area contributed by atoms with Crippen LogP contribution in [0.2, 0.25) is 0 Å². The SMILES string of the molecule is CSCCCC1(CNC(C)C)CCOC1C. The predicted octanol–water partition coefficient (Wildman–Crippen LogP) is 2.92. The number of hydrogen-bond acceptors (Lipinski definition) is 3. The zero-order chi connectivity index (χ0) is 12.0. The van der Waals surface area contributed by atoms with Gasteiger partial charge in [-0.05, 0) is 38.2 Å². The maximum absolute atomic E-state index is 5.78. The molecule has 0 aromatic carbocycles. The molecule has 0 saturated carbocycles. The zero-order valence-corrected chi connectivity index (χ0v) is 12.0. The van der Waals surface area contributed by atoms with Crippen molar-refractivity contribution in [1.82, 2.24) is 5.32 Å². The van der Waals surface area contributed by atoms with E-state index in [2.05, 4.69) is 32.3 Å². The molecule has 3 heteroatoms. The first-order chi connectivity index (χ1) is 7.60. The molecule has 0 amide bonds. The first-order valence-corrected chi connectivity index (χ1v) is 7.84. The summed E-state index contributed by atoms with van der Waals surface area (Å²) in [6, 6.07) is 0.574. The second-order valence-electron chi connectivity index (χ2n) is 5.26. The maximum atomic E-state index is 5.78. The van der Waals surface area contributed by atoms with Gasteiger partial charge in [-0.2, -0.15) is 11.8 Å². The van der Waals surface area contributed by atoms with Crippen LogP contribution in [0.5, 0.6) is 0 Å². The summed E-state index contributed by atoms with van der Waals surface area (Å²) in [6.45, 7) is 8.74. The highest BCUT2D eigenvalue weighted by atomic mass is 32.2. The summed E-state index contributed by atoms with van der Waals surface area (Å²) in [5, 5.41) is 3.60. The number of thioether (sulfide) groups is 1. The van der Waals surface area contributed by atoms with Crippen molar-refractivity contribution in [2.75, 3.05) is 25.2 Å². The number of hydrogen-bond donors (Lipinski definition) is 1. The van der Waals surface area contributed by atoms with E-state index in [0.29, 0.717) is 17.6 Å². The van der Waals surface area contributed by atoms with Gasteiger partial charge in [0.1, 0.15) is 0 Å². The van der Waals surface area contributed by atoms with Crippen LogP contribution in [0.3, 0.4) is 0 Å². The lowest BCUT2D eigenvalue weighted by atomic mass is 9.77. The molecule has 1 rings (SSSR count). The van der Waals surface area contributed by atoms with Crippen LogP contribution < -0.4 is 5.32 Å². The normalized spacial score (nSPS) is 30.2. The first-order valence-electron chi connectivity index (χ1n) is 6.44. The molecule has 0 radical (unpaired) electrons. The molecular formula is C13H27NOS. The van der Waals surface area contributed by atoms with Crippen LogP contribution in [-0.2, 0) is 4.74 Å². The molecule has 2 unspecified atom stereocenters. The van der Waals surface area contributed by atoms with E-state index in [9.17, 15) is 0 Å². The highest BCUT2D eigenvalue weighted by molar-refractivity contribution is 7.98. The van der Waals surface area contributed by atoms with Crippen molar-refractivity contribution in [3.05, 3.63) is 0 Å². The van der Waals surface area contributed by atoms with Crippen LogP contribution in [0.25, 0.3) is 0 Å². The summed E-state index contributed by atoms with van der Waals surface area (Å²) in [5.41, 5.74) is 0.389. The van der Waals surface area contributed by atoms with Crippen molar-refractivity contribution in [2.45, 2.75) is 52.2 Å². The Labute approximate surface area is 105 Å². The molecule has 0 aromatic heterocycles. The van der Waals surface area contributed by atoms with E-state index in [4.69, 9.17) is 4.74 Å². The second-order valence-corrected chi connectivity index (χ2v) is 6.24. The molecule has 1 aliphatic rings. The van der Waals surface area contributed by atoms with Gasteiger partial charge in [-0.1, -0.05) is 13.8 Å². The van der Waals surface area contributed by atoms with Crippen LogP contribution >= 0.6 is 11.8 Å². The average molecular weight is 245 g/mol. The highest BCUT2D eigenvalue weighted by Crippen LogP contribution is 2.39. The molecule has 16 heavy (non-hydrogen) atoms. The molecular weight excluding hydrogens is 218 g/mol. The Morgan fingerprint density at radius 1 is 1.50 bits per heavy atom. The minimum absolute atomic E-state index is 0.389. The zero-order valence-electron chi connectivity index (χ0n) is 11.2. The molecule has 1 fully saturated rings. The molecule has 0 spiro atoms. The first kappa shape index (κ1) is 14.3. The maximum Gasteiger partial charge on any atom is 0.0616 e. The van der Waals surface area contributed by atoms with Gasteiger partial charge in [0.05, 0.1) is 6.10 Å². The van der Waals surface area contributed by atoms with Gasteiger partial charge in [0.15, 0.2) is 0 Å². The lowest BCUT2D eigenvalue weighted by molar-refractivity contribution is 0.0572. The summed E-state index contributed by atoms with van der Waals surface area (Å²) in [5.74, 6) is 1.27. The Bertz CT molecular complexity index is 198. The quantitative estimate of drug-likeness (QED) is 0.697. The Morgan fingerprint density at radius 2 is 2.25 bits per heavy atom. The van der Waals surface area contributed by atoms with Crippen molar-refractivity contribution in [3.63, 3.8) is 0 Å². The van der Waals surface area contributed by atoms with Gasteiger partial charge >= 0.3 is 0 Å². The third kappa shape index (κ3) is 3.94. The van der Waals surface area contributed by atoms with E-state index >= 15 is 0 Å². The van der Waals surface area contributed by atoms with Crippen LogP contribution in [-0.4, -0.2) is 37.3 Å². The van der Waals surface area contributed by atoms with Gasteiger partial charge in [-0.25, -0.2) is 0 Å². The van der Waals surface area contributed by atoms with Crippen molar-refractivity contribution < 1.29 is 4.74 Å². The molecule has 2 atom stereocenters. The highest BCUT2D eigenvalue weighted by Gasteiger charge is 2.40. The van der Waals surface area contributed by atoms with Gasteiger partial charge in [0.25, 0.3) is 0 Å². The largest absolute Gasteiger partial charge is 0.378 e. The average Bonchev–Trinajstić information content (AvgIpc) is 2.59. The smallest absolute Gasteiger partial charge is 0.0616 e. The Hall–Kier alpha value is 0.270. The third-order valence-corrected chi connectivity index (χ3v) is 4.41. The molecule has 0 bridgehead atoms. The topological polar surface area (TPSA) is 21.3 Å². The predicted molar refractivity (Wildman–Crippen MR) is 73.2 cm³/mol. The molecule has 1 saturated heterocycles. The number of nitrogens with one attached hydrogen (secondary N) is 1. The van der Waals surface area contributed by atoms with Crippen LogP contribution in [0, 0.1) is 5.41 Å².